The summed E-state index contributed by atoms with van der Waals surface area (Å²) in [5.41, 5.74) is 0.277. The molecule has 1 unspecified atom stereocenters. The predicted octanol–water partition coefficient (Wildman–Crippen LogP) is 1.18. The third kappa shape index (κ3) is 2.05. The fraction of sp³-hybridized carbons (Fsp3) is 0.417. The van der Waals surface area contributed by atoms with Crippen LogP contribution >= 0.6 is 0 Å². The topological polar surface area (TPSA) is 59.5 Å². The lowest BCUT2D eigenvalue weighted by molar-refractivity contribution is -0.141. The third-order valence-corrected chi connectivity index (χ3v) is 3.07. The molecule has 5 nitrogen and oxygen atoms in total. The smallest absolute Gasteiger partial charge is 0.328 e. The van der Waals surface area contributed by atoms with Gasteiger partial charge in [-0.05, 0) is 12.8 Å². The highest BCUT2D eigenvalue weighted by Gasteiger charge is 2.33. The van der Waals surface area contributed by atoms with Crippen molar-refractivity contribution in [3.63, 3.8) is 0 Å². The van der Waals surface area contributed by atoms with Crippen molar-refractivity contribution in [2.24, 2.45) is 0 Å². The van der Waals surface area contributed by atoms with Crippen LogP contribution in [0.2, 0.25) is 0 Å². The van der Waals surface area contributed by atoms with Crippen LogP contribution in [-0.4, -0.2) is 36.9 Å². The lowest BCUT2D eigenvalue weighted by atomic mass is 10.2. The number of esters is 1. The van der Waals surface area contributed by atoms with Gasteiger partial charge < -0.3 is 9.64 Å². The Morgan fingerprint density at radius 3 is 3.06 bits per heavy atom. The van der Waals surface area contributed by atoms with Crippen LogP contribution in [-0.2, 0) is 9.53 Å². The van der Waals surface area contributed by atoms with Crippen molar-refractivity contribution in [2.75, 3.05) is 18.6 Å². The van der Waals surface area contributed by atoms with Gasteiger partial charge in [-0.3, -0.25) is 9.78 Å². The van der Waals surface area contributed by atoms with Crippen LogP contribution in [0.3, 0.4) is 0 Å². The number of pyridine rings is 1. The Bertz CT molecular complexity index is 478. The van der Waals surface area contributed by atoms with Gasteiger partial charge in [-0.2, -0.15) is 0 Å². The van der Waals surface area contributed by atoms with Crippen molar-refractivity contribution in [1.29, 1.82) is 0 Å². The minimum absolute atomic E-state index is 0.0687. The quantitative estimate of drug-likeness (QED) is 0.597. The summed E-state index contributed by atoms with van der Waals surface area (Å²) in [4.78, 5) is 28.0. The van der Waals surface area contributed by atoms with Gasteiger partial charge in [0.25, 0.3) is 0 Å². The average molecular weight is 252 g/mol. The molecule has 2 rings (SSSR count). The Kier molecular flexibility index (Phi) is 3.55. The Hall–Kier alpha value is -1.98. The van der Waals surface area contributed by atoms with Crippen molar-refractivity contribution in [2.45, 2.75) is 18.9 Å². The average Bonchev–Trinajstić information content (AvgIpc) is 2.86. The first kappa shape index (κ1) is 12.5. The molecule has 1 aliphatic rings. The maximum atomic E-state index is 13.5. The summed E-state index contributed by atoms with van der Waals surface area (Å²) in [7, 11) is 1.31. The monoisotopic (exact) mass is 252 g/mol. The van der Waals surface area contributed by atoms with E-state index in [0.29, 0.717) is 24.9 Å². The summed E-state index contributed by atoms with van der Waals surface area (Å²) >= 11 is 0. The van der Waals surface area contributed by atoms with E-state index in [0.717, 1.165) is 12.6 Å². The van der Waals surface area contributed by atoms with Gasteiger partial charge in [0.1, 0.15) is 6.04 Å². The molecule has 0 bridgehead atoms. The molecule has 0 aliphatic carbocycles. The fourth-order valence-electron chi connectivity index (χ4n) is 2.22. The lowest BCUT2D eigenvalue weighted by Crippen LogP contribution is -2.37. The zero-order valence-corrected chi connectivity index (χ0v) is 9.93. The van der Waals surface area contributed by atoms with Crippen molar-refractivity contribution in [3.05, 3.63) is 23.8 Å². The highest BCUT2D eigenvalue weighted by molar-refractivity contribution is 5.88. The number of hydrogen-bond acceptors (Lipinski definition) is 5. The van der Waals surface area contributed by atoms with Gasteiger partial charge in [0, 0.05) is 6.54 Å². The highest BCUT2D eigenvalue weighted by Crippen LogP contribution is 2.29. The maximum Gasteiger partial charge on any atom is 0.328 e. The van der Waals surface area contributed by atoms with E-state index in [9.17, 15) is 14.0 Å². The number of aldehydes is 1. The second-order valence-corrected chi connectivity index (χ2v) is 4.05. The van der Waals surface area contributed by atoms with E-state index < -0.39 is 11.9 Å². The molecule has 1 aromatic rings. The number of anilines is 1. The molecule has 0 N–H and O–H groups in total. The number of ether oxygens (including phenoxy) is 1. The SMILES string of the molecule is COC(=O)C1CCCN1c1cncc(F)c1C=O. The van der Waals surface area contributed by atoms with Crippen LogP contribution in [0.5, 0.6) is 0 Å². The van der Waals surface area contributed by atoms with E-state index in [1.54, 1.807) is 4.90 Å². The van der Waals surface area contributed by atoms with Crippen LogP contribution in [0.15, 0.2) is 12.4 Å². The molecule has 0 aromatic carbocycles. The van der Waals surface area contributed by atoms with E-state index in [-0.39, 0.29) is 11.5 Å². The molecule has 0 radical (unpaired) electrons. The first-order valence-corrected chi connectivity index (χ1v) is 5.62. The molecular weight excluding hydrogens is 239 g/mol. The van der Waals surface area contributed by atoms with E-state index in [1.807, 2.05) is 0 Å². The summed E-state index contributed by atoms with van der Waals surface area (Å²) in [5.74, 6) is -1.06. The Morgan fingerprint density at radius 1 is 1.61 bits per heavy atom. The number of aromatic nitrogens is 1. The molecular formula is C12H13FN2O3. The standard InChI is InChI=1S/C12H13FN2O3/c1-18-12(17)10-3-2-4-15(10)11-6-14-5-9(13)8(11)7-16/h5-7,10H,2-4H2,1H3. The molecule has 6 heteroatoms. The summed E-state index contributed by atoms with van der Waals surface area (Å²) < 4.78 is 18.2. The van der Waals surface area contributed by atoms with Gasteiger partial charge in [-0.25, -0.2) is 9.18 Å². The Labute approximate surface area is 104 Å². The molecule has 1 saturated heterocycles. The van der Waals surface area contributed by atoms with Crippen LogP contribution < -0.4 is 4.90 Å². The highest BCUT2D eigenvalue weighted by atomic mass is 19.1. The van der Waals surface area contributed by atoms with E-state index in [2.05, 4.69) is 4.98 Å². The van der Waals surface area contributed by atoms with Gasteiger partial charge in [0.15, 0.2) is 12.1 Å². The largest absolute Gasteiger partial charge is 0.467 e. The number of carbonyl (C=O) groups excluding carboxylic acids is 2. The van der Waals surface area contributed by atoms with Gasteiger partial charge in [0.05, 0.1) is 30.8 Å². The molecule has 1 fully saturated rings. The second kappa shape index (κ2) is 5.12. The molecule has 96 valence electrons. The van der Waals surface area contributed by atoms with Crippen LogP contribution in [0, 0.1) is 5.82 Å². The first-order valence-electron chi connectivity index (χ1n) is 5.62. The Balaban J connectivity index is 2.39. The van der Waals surface area contributed by atoms with Crippen molar-refractivity contribution in [3.8, 4) is 0 Å². The van der Waals surface area contributed by atoms with Gasteiger partial charge >= 0.3 is 5.97 Å². The molecule has 1 aliphatic heterocycles. The fourth-order valence-corrected chi connectivity index (χ4v) is 2.22. The summed E-state index contributed by atoms with van der Waals surface area (Å²) in [6.07, 6.45) is 4.24. The lowest BCUT2D eigenvalue weighted by Gasteiger charge is -2.25. The zero-order chi connectivity index (χ0) is 13.1. The minimum atomic E-state index is -0.682. The molecule has 1 atom stereocenters. The Morgan fingerprint density at radius 2 is 2.39 bits per heavy atom. The van der Waals surface area contributed by atoms with Gasteiger partial charge in [-0.1, -0.05) is 0 Å². The summed E-state index contributed by atoms with van der Waals surface area (Å²) in [6.45, 7) is 0.575. The van der Waals surface area contributed by atoms with Crippen LogP contribution in [0.1, 0.15) is 23.2 Å². The molecule has 18 heavy (non-hydrogen) atoms. The molecule has 1 aromatic heterocycles. The molecule has 0 amide bonds. The molecule has 0 spiro atoms. The van der Waals surface area contributed by atoms with E-state index in [1.165, 1.54) is 13.3 Å². The number of hydrogen-bond donors (Lipinski definition) is 0. The summed E-state index contributed by atoms with van der Waals surface area (Å²) in [5, 5.41) is 0. The second-order valence-electron chi connectivity index (χ2n) is 4.05. The predicted molar refractivity (Wildman–Crippen MR) is 62.0 cm³/mol. The third-order valence-electron chi connectivity index (χ3n) is 3.07. The van der Waals surface area contributed by atoms with Crippen molar-refractivity contribution in [1.82, 2.24) is 4.98 Å². The van der Waals surface area contributed by atoms with Crippen LogP contribution in [0.25, 0.3) is 0 Å². The van der Waals surface area contributed by atoms with E-state index in [4.69, 9.17) is 4.74 Å². The van der Waals surface area contributed by atoms with Gasteiger partial charge in [-0.15, -0.1) is 0 Å². The van der Waals surface area contributed by atoms with E-state index >= 15 is 0 Å². The van der Waals surface area contributed by atoms with Crippen LogP contribution in [0.4, 0.5) is 10.1 Å². The van der Waals surface area contributed by atoms with Crippen molar-refractivity contribution < 1.29 is 18.7 Å². The molecule has 0 saturated carbocycles. The van der Waals surface area contributed by atoms with Gasteiger partial charge in [0.2, 0.25) is 0 Å². The molecule has 2 heterocycles. The maximum absolute atomic E-state index is 13.5. The number of halogens is 1. The number of methoxy groups -OCH3 is 1. The van der Waals surface area contributed by atoms with Crippen molar-refractivity contribution >= 4 is 17.9 Å². The number of carbonyl (C=O) groups is 2. The summed E-state index contributed by atoms with van der Waals surface area (Å²) in [6, 6.07) is -0.475. The minimum Gasteiger partial charge on any atom is -0.467 e. The number of nitrogens with zero attached hydrogens (tertiary/aromatic N) is 2. The first-order chi connectivity index (χ1) is 8.69. The normalized spacial score (nSPS) is 18.8. The number of rotatable bonds is 3. The zero-order valence-electron chi connectivity index (χ0n) is 9.93.